The largest absolute Gasteiger partial charge is 0.255 e. The maximum Gasteiger partial charge on any atom is 0.0812 e. The molecule has 0 fully saturated rings. The van der Waals surface area contributed by atoms with E-state index < -0.39 is 0 Å². The first-order valence-electron chi connectivity index (χ1n) is 5.06. The van der Waals surface area contributed by atoms with Gasteiger partial charge >= 0.3 is 0 Å². The molecule has 2 rings (SSSR count). The van der Waals surface area contributed by atoms with E-state index in [1.54, 1.807) is 12.4 Å². The average molecular weight is 208 g/mol. The molecule has 1 aromatic carbocycles. The standard InChI is InChI=1S/C14H12N2/c1-2-12-6-8-13(9-7-12)16-11-14-5-3-4-10-15-14/h2-11H,1H2. The van der Waals surface area contributed by atoms with E-state index in [4.69, 9.17) is 0 Å². The van der Waals surface area contributed by atoms with E-state index in [1.165, 1.54) is 0 Å². The molecule has 0 aliphatic heterocycles. The highest BCUT2D eigenvalue weighted by Crippen LogP contribution is 2.13. The Morgan fingerprint density at radius 3 is 2.50 bits per heavy atom. The van der Waals surface area contributed by atoms with Crippen molar-refractivity contribution in [1.29, 1.82) is 0 Å². The molecule has 0 saturated heterocycles. The van der Waals surface area contributed by atoms with E-state index in [2.05, 4.69) is 16.6 Å². The van der Waals surface area contributed by atoms with Crippen LogP contribution in [0.1, 0.15) is 11.3 Å². The lowest BCUT2D eigenvalue weighted by atomic mass is 10.2. The molecule has 16 heavy (non-hydrogen) atoms. The number of benzene rings is 1. The van der Waals surface area contributed by atoms with Crippen molar-refractivity contribution in [2.24, 2.45) is 4.99 Å². The molecule has 78 valence electrons. The lowest BCUT2D eigenvalue weighted by Crippen LogP contribution is -1.83. The average Bonchev–Trinajstić information content (AvgIpc) is 2.38. The first-order chi connectivity index (χ1) is 7.88. The third-order valence-corrected chi connectivity index (χ3v) is 2.16. The number of hydrogen-bond donors (Lipinski definition) is 0. The summed E-state index contributed by atoms with van der Waals surface area (Å²) in [5.74, 6) is 0. The van der Waals surface area contributed by atoms with Crippen LogP contribution in [0.3, 0.4) is 0 Å². The van der Waals surface area contributed by atoms with Crippen molar-refractivity contribution in [3.8, 4) is 0 Å². The van der Waals surface area contributed by atoms with Crippen LogP contribution in [0.4, 0.5) is 5.69 Å². The van der Waals surface area contributed by atoms with E-state index in [1.807, 2.05) is 48.5 Å². The number of pyridine rings is 1. The van der Waals surface area contributed by atoms with Gasteiger partial charge in [0.05, 0.1) is 17.6 Å². The molecule has 0 bridgehead atoms. The summed E-state index contributed by atoms with van der Waals surface area (Å²) in [5.41, 5.74) is 2.86. The molecule has 0 N–H and O–H groups in total. The van der Waals surface area contributed by atoms with Crippen LogP contribution < -0.4 is 0 Å². The Bertz CT molecular complexity index is 484. The van der Waals surface area contributed by atoms with Crippen LogP contribution in [0.15, 0.2) is 60.2 Å². The van der Waals surface area contributed by atoms with Crippen molar-refractivity contribution in [3.63, 3.8) is 0 Å². The van der Waals surface area contributed by atoms with Gasteiger partial charge in [-0.25, -0.2) is 0 Å². The smallest absolute Gasteiger partial charge is 0.0812 e. The second-order valence-electron chi connectivity index (χ2n) is 3.31. The predicted molar refractivity (Wildman–Crippen MR) is 68.0 cm³/mol. The molecule has 0 unspecified atom stereocenters. The fraction of sp³-hybridized carbons (Fsp3) is 0. The molecule has 1 heterocycles. The third-order valence-electron chi connectivity index (χ3n) is 2.16. The molecule has 0 spiro atoms. The normalized spacial score (nSPS) is 10.5. The van der Waals surface area contributed by atoms with Gasteiger partial charge in [-0.15, -0.1) is 0 Å². The van der Waals surface area contributed by atoms with Gasteiger partial charge in [-0.3, -0.25) is 9.98 Å². The fourth-order valence-corrected chi connectivity index (χ4v) is 1.29. The summed E-state index contributed by atoms with van der Waals surface area (Å²) in [5, 5.41) is 0. The monoisotopic (exact) mass is 208 g/mol. The Labute approximate surface area is 95.0 Å². The van der Waals surface area contributed by atoms with Crippen molar-refractivity contribution in [2.45, 2.75) is 0 Å². The minimum Gasteiger partial charge on any atom is -0.255 e. The van der Waals surface area contributed by atoms with Crippen molar-refractivity contribution in [1.82, 2.24) is 4.98 Å². The van der Waals surface area contributed by atoms with Gasteiger partial charge in [0, 0.05) is 6.20 Å². The summed E-state index contributed by atoms with van der Waals surface area (Å²) in [6.45, 7) is 3.71. The maximum absolute atomic E-state index is 4.33. The zero-order valence-electron chi connectivity index (χ0n) is 8.88. The summed E-state index contributed by atoms with van der Waals surface area (Å²) < 4.78 is 0. The van der Waals surface area contributed by atoms with Gasteiger partial charge in [0.15, 0.2) is 0 Å². The number of aliphatic imine (C=N–C) groups is 1. The molecule has 2 heteroatoms. The van der Waals surface area contributed by atoms with Crippen LogP contribution in [-0.2, 0) is 0 Å². The summed E-state index contributed by atoms with van der Waals surface area (Å²) in [6.07, 6.45) is 5.32. The summed E-state index contributed by atoms with van der Waals surface area (Å²) in [7, 11) is 0. The second-order valence-corrected chi connectivity index (χ2v) is 3.31. The molecule has 0 aliphatic carbocycles. The van der Waals surface area contributed by atoms with E-state index in [0.717, 1.165) is 16.9 Å². The van der Waals surface area contributed by atoms with E-state index >= 15 is 0 Å². The third kappa shape index (κ3) is 2.64. The van der Waals surface area contributed by atoms with Crippen LogP contribution >= 0.6 is 0 Å². The van der Waals surface area contributed by atoms with Crippen LogP contribution in [0.5, 0.6) is 0 Å². The zero-order valence-corrected chi connectivity index (χ0v) is 8.88. The molecular weight excluding hydrogens is 196 g/mol. The first-order valence-corrected chi connectivity index (χ1v) is 5.06. The minimum atomic E-state index is 0.857. The molecular formula is C14H12N2. The van der Waals surface area contributed by atoms with Gasteiger partial charge in [-0.2, -0.15) is 0 Å². The van der Waals surface area contributed by atoms with Crippen molar-refractivity contribution in [2.75, 3.05) is 0 Å². The van der Waals surface area contributed by atoms with Gasteiger partial charge in [0.1, 0.15) is 0 Å². The molecule has 0 amide bonds. The first kappa shape index (κ1) is 10.3. The van der Waals surface area contributed by atoms with Gasteiger partial charge in [0.2, 0.25) is 0 Å². The Hall–Kier alpha value is -2.22. The minimum absolute atomic E-state index is 0.857. The van der Waals surface area contributed by atoms with E-state index in [-0.39, 0.29) is 0 Å². The molecule has 1 aromatic heterocycles. The second kappa shape index (κ2) is 5.03. The molecule has 2 aromatic rings. The highest BCUT2D eigenvalue weighted by Gasteiger charge is 1.89. The Balaban J connectivity index is 2.14. The van der Waals surface area contributed by atoms with Crippen LogP contribution in [0, 0.1) is 0 Å². The van der Waals surface area contributed by atoms with E-state index in [0.29, 0.717) is 0 Å². The van der Waals surface area contributed by atoms with Crippen molar-refractivity contribution >= 4 is 18.0 Å². The van der Waals surface area contributed by atoms with Crippen LogP contribution in [-0.4, -0.2) is 11.2 Å². The molecule has 0 saturated carbocycles. The molecule has 0 atom stereocenters. The Morgan fingerprint density at radius 2 is 1.88 bits per heavy atom. The van der Waals surface area contributed by atoms with E-state index in [9.17, 15) is 0 Å². The summed E-state index contributed by atoms with van der Waals surface area (Å²) in [4.78, 5) is 8.49. The van der Waals surface area contributed by atoms with Crippen molar-refractivity contribution < 1.29 is 0 Å². The number of rotatable bonds is 3. The van der Waals surface area contributed by atoms with Gasteiger partial charge < -0.3 is 0 Å². The highest BCUT2D eigenvalue weighted by atomic mass is 14.8. The lowest BCUT2D eigenvalue weighted by molar-refractivity contribution is 1.30. The summed E-state index contributed by atoms with van der Waals surface area (Å²) >= 11 is 0. The van der Waals surface area contributed by atoms with Crippen molar-refractivity contribution in [3.05, 3.63) is 66.5 Å². The summed E-state index contributed by atoms with van der Waals surface area (Å²) in [6, 6.07) is 13.6. The fourth-order valence-electron chi connectivity index (χ4n) is 1.29. The molecule has 0 radical (unpaired) electrons. The van der Waals surface area contributed by atoms with Crippen LogP contribution in [0.25, 0.3) is 6.08 Å². The van der Waals surface area contributed by atoms with Gasteiger partial charge in [-0.05, 0) is 29.8 Å². The van der Waals surface area contributed by atoms with Crippen LogP contribution in [0.2, 0.25) is 0 Å². The Morgan fingerprint density at radius 1 is 1.06 bits per heavy atom. The van der Waals surface area contributed by atoms with Gasteiger partial charge in [0.25, 0.3) is 0 Å². The molecule has 0 aliphatic rings. The van der Waals surface area contributed by atoms with Gasteiger partial charge in [-0.1, -0.05) is 30.9 Å². The number of hydrogen-bond acceptors (Lipinski definition) is 2. The molecule has 2 nitrogen and oxygen atoms in total. The predicted octanol–water partition coefficient (Wildman–Crippen LogP) is 3.48. The zero-order chi connectivity index (χ0) is 11.2. The SMILES string of the molecule is C=Cc1ccc(N=Cc2ccccn2)cc1. The maximum atomic E-state index is 4.33. The Kier molecular flexibility index (Phi) is 3.24. The quantitative estimate of drug-likeness (QED) is 0.709. The number of aromatic nitrogens is 1. The lowest BCUT2D eigenvalue weighted by Gasteiger charge is -1.95. The number of nitrogens with zero attached hydrogens (tertiary/aromatic N) is 2. The topological polar surface area (TPSA) is 25.2 Å². The highest BCUT2D eigenvalue weighted by molar-refractivity contribution is 5.79.